The van der Waals surface area contributed by atoms with Gasteiger partial charge in [0.15, 0.2) is 17.5 Å². The maximum Gasteiger partial charge on any atom is 0.164 e. The summed E-state index contributed by atoms with van der Waals surface area (Å²) in [5.41, 5.74) is 13.5. The van der Waals surface area contributed by atoms with Crippen LogP contribution < -0.4 is 0 Å². The molecular weight excluding hydrogens is 767 g/mol. The maximum atomic E-state index is 6.87. The van der Waals surface area contributed by atoms with E-state index >= 15 is 0 Å². The van der Waals surface area contributed by atoms with E-state index in [9.17, 15) is 0 Å². The molecule has 0 bridgehead atoms. The molecule has 0 saturated heterocycles. The fourth-order valence-electron chi connectivity index (χ4n) is 9.04. The van der Waals surface area contributed by atoms with Crippen LogP contribution >= 0.6 is 0 Å². The minimum atomic E-state index is 0.580. The first-order valence-electron chi connectivity index (χ1n) is 21.3. The zero-order valence-corrected chi connectivity index (χ0v) is 34.1. The Hall–Kier alpha value is -8.47. The van der Waals surface area contributed by atoms with E-state index in [1.54, 1.807) is 0 Å². The molecule has 0 N–H and O–H groups in total. The molecule has 0 fully saturated rings. The van der Waals surface area contributed by atoms with E-state index in [1.807, 2.05) is 24.3 Å². The van der Waals surface area contributed by atoms with Crippen LogP contribution in [0.25, 0.3) is 122 Å². The first kappa shape index (κ1) is 36.4. The number of rotatable bonds is 7. The van der Waals surface area contributed by atoms with Crippen LogP contribution in [0.15, 0.2) is 229 Å². The van der Waals surface area contributed by atoms with Crippen molar-refractivity contribution in [3.63, 3.8) is 0 Å². The molecule has 0 saturated carbocycles. The molecule has 0 aliphatic heterocycles. The number of hydrogen-bond acceptors (Lipinski definition) is 4. The Morgan fingerprint density at radius 1 is 0.270 bits per heavy atom. The fraction of sp³-hybridized carbons (Fsp3) is 0. The van der Waals surface area contributed by atoms with Gasteiger partial charge in [-0.1, -0.05) is 206 Å². The summed E-state index contributed by atoms with van der Waals surface area (Å²) in [5, 5.41) is 6.60. The van der Waals surface area contributed by atoms with Crippen molar-refractivity contribution in [2.45, 2.75) is 0 Å². The Bertz CT molecular complexity index is 3650. The smallest absolute Gasteiger partial charge is 0.164 e. The molecule has 4 nitrogen and oxygen atoms in total. The number of fused-ring (bicyclic) bond motifs is 5. The average molecular weight is 804 g/mol. The van der Waals surface area contributed by atoms with Crippen molar-refractivity contribution in [1.82, 2.24) is 15.0 Å². The van der Waals surface area contributed by atoms with Gasteiger partial charge < -0.3 is 4.42 Å². The third kappa shape index (κ3) is 6.53. The van der Waals surface area contributed by atoms with Crippen LogP contribution in [0.2, 0.25) is 0 Å². The molecule has 2 heterocycles. The van der Waals surface area contributed by atoms with Gasteiger partial charge in [0.25, 0.3) is 0 Å². The highest BCUT2D eigenvalue weighted by Crippen LogP contribution is 2.43. The summed E-state index contributed by atoms with van der Waals surface area (Å²) in [4.78, 5) is 15.7. The second kappa shape index (κ2) is 15.2. The molecule has 63 heavy (non-hydrogen) atoms. The van der Waals surface area contributed by atoms with E-state index in [0.29, 0.717) is 17.5 Å². The summed E-state index contributed by atoms with van der Waals surface area (Å²) < 4.78 is 6.87. The van der Waals surface area contributed by atoms with E-state index in [-0.39, 0.29) is 0 Å². The monoisotopic (exact) mass is 803 g/mol. The van der Waals surface area contributed by atoms with Crippen LogP contribution in [0.3, 0.4) is 0 Å². The predicted molar refractivity (Wildman–Crippen MR) is 260 cm³/mol. The van der Waals surface area contributed by atoms with Crippen LogP contribution in [0.1, 0.15) is 0 Å². The summed E-state index contributed by atoms with van der Waals surface area (Å²) >= 11 is 0. The van der Waals surface area contributed by atoms with Gasteiger partial charge in [0.1, 0.15) is 11.2 Å². The molecule has 12 aromatic rings. The summed E-state index contributed by atoms with van der Waals surface area (Å²) in [6.45, 7) is 0. The Labute approximate surface area is 364 Å². The van der Waals surface area contributed by atoms with Gasteiger partial charge in [0, 0.05) is 33.0 Å². The third-order valence-electron chi connectivity index (χ3n) is 12.2. The number of aromatic nitrogens is 3. The van der Waals surface area contributed by atoms with Gasteiger partial charge in [-0.25, -0.2) is 15.0 Å². The van der Waals surface area contributed by atoms with Crippen LogP contribution in [-0.2, 0) is 0 Å². The molecule has 0 aliphatic carbocycles. The van der Waals surface area contributed by atoms with E-state index in [0.717, 1.165) is 77.2 Å². The zero-order valence-electron chi connectivity index (χ0n) is 34.1. The zero-order chi connectivity index (χ0) is 41.7. The van der Waals surface area contributed by atoms with Crippen LogP contribution in [0, 0.1) is 0 Å². The SMILES string of the molecule is c1ccc(-c2ccc(-c3nc(-c4ccc5ccc(-c6ccccc6)cc5c4)nc(-c4cccc5oc6c(-c7ccc(-c8ccccc8)c8ccccc78)cccc6c45)n3)cc2)cc1. The van der Waals surface area contributed by atoms with Gasteiger partial charge in [-0.05, 0) is 78.7 Å². The minimum Gasteiger partial charge on any atom is -0.455 e. The van der Waals surface area contributed by atoms with Crippen molar-refractivity contribution in [2.75, 3.05) is 0 Å². The van der Waals surface area contributed by atoms with Crippen LogP contribution in [0.4, 0.5) is 0 Å². The Kier molecular flexibility index (Phi) is 8.79. The summed E-state index contributed by atoms with van der Waals surface area (Å²) in [6, 6.07) is 78.7. The number of para-hydroxylation sites is 1. The number of benzene rings is 10. The van der Waals surface area contributed by atoms with Crippen molar-refractivity contribution < 1.29 is 4.42 Å². The van der Waals surface area contributed by atoms with Gasteiger partial charge in [-0.15, -0.1) is 0 Å². The molecular formula is C59H37N3O. The fourth-order valence-corrected chi connectivity index (χ4v) is 9.04. The van der Waals surface area contributed by atoms with Gasteiger partial charge in [0.05, 0.1) is 0 Å². The van der Waals surface area contributed by atoms with Gasteiger partial charge >= 0.3 is 0 Å². The molecule has 2 aromatic heterocycles. The second-order valence-electron chi connectivity index (χ2n) is 15.9. The lowest BCUT2D eigenvalue weighted by Crippen LogP contribution is -2.00. The van der Waals surface area contributed by atoms with Gasteiger partial charge in [0.2, 0.25) is 0 Å². The first-order valence-corrected chi connectivity index (χ1v) is 21.3. The lowest BCUT2D eigenvalue weighted by atomic mass is 9.91. The highest BCUT2D eigenvalue weighted by atomic mass is 16.3. The number of furan rings is 1. The van der Waals surface area contributed by atoms with Gasteiger partial charge in [-0.3, -0.25) is 0 Å². The topological polar surface area (TPSA) is 51.8 Å². The third-order valence-corrected chi connectivity index (χ3v) is 12.2. The van der Waals surface area contributed by atoms with Crippen molar-refractivity contribution in [2.24, 2.45) is 0 Å². The summed E-state index contributed by atoms with van der Waals surface area (Å²) in [7, 11) is 0. The van der Waals surface area contributed by atoms with E-state index in [4.69, 9.17) is 19.4 Å². The predicted octanol–water partition coefficient (Wildman–Crippen LogP) is 15.7. The molecule has 0 unspecified atom stereocenters. The highest BCUT2D eigenvalue weighted by molar-refractivity contribution is 6.17. The van der Waals surface area contributed by atoms with Gasteiger partial charge in [-0.2, -0.15) is 0 Å². The largest absolute Gasteiger partial charge is 0.455 e. The van der Waals surface area contributed by atoms with Crippen molar-refractivity contribution in [3.8, 4) is 78.7 Å². The molecule has 0 amide bonds. The van der Waals surface area contributed by atoms with Crippen molar-refractivity contribution in [1.29, 1.82) is 0 Å². The van der Waals surface area contributed by atoms with E-state index in [2.05, 4.69) is 200 Å². The summed E-state index contributed by atoms with van der Waals surface area (Å²) in [6.07, 6.45) is 0. The molecule has 0 spiro atoms. The highest BCUT2D eigenvalue weighted by Gasteiger charge is 2.21. The lowest BCUT2D eigenvalue weighted by Gasteiger charge is -2.12. The average Bonchev–Trinajstić information content (AvgIpc) is 3.76. The molecule has 0 aliphatic rings. The standard InChI is InChI=1S/C59H37N3O/c1-4-14-38(15-5-1)40-26-30-43(31-27-40)57-60-58(45-33-29-41-28-32-44(36-46(41)37-45)39-16-6-2-7-17-39)62-59(61-57)53-24-13-25-54-55(53)52-23-12-22-51(56(52)63-54)50-35-34-47(42-18-8-3-9-19-42)48-20-10-11-21-49(48)50/h1-37H. The molecule has 0 atom stereocenters. The molecule has 0 radical (unpaired) electrons. The van der Waals surface area contributed by atoms with Crippen LogP contribution in [0.5, 0.6) is 0 Å². The Balaban J connectivity index is 1.03. The van der Waals surface area contributed by atoms with Crippen molar-refractivity contribution >= 4 is 43.5 Å². The quantitative estimate of drug-likeness (QED) is 0.161. The summed E-state index contributed by atoms with van der Waals surface area (Å²) in [5.74, 6) is 1.78. The second-order valence-corrected chi connectivity index (χ2v) is 15.9. The first-order chi connectivity index (χ1) is 31.2. The van der Waals surface area contributed by atoms with Crippen molar-refractivity contribution in [3.05, 3.63) is 224 Å². The Morgan fingerprint density at radius 3 is 1.49 bits per heavy atom. The van der Waals surface area contributed by atoms with E-state index < -0.39 is 0 Å². The lowest BCUT2D eigenvalue weighted by molar-refractivity contribution is 0.670. The van der Waals surface area contributed by atoms with Crippen LogP contribution in [-0.4, -0.2) is 15.0 Å². The molecule has 12 rings (SSSR count). The Morgan fingerprint density at radius 2 is 0.762 bits per heavy atom. The molecule has 10 aromatic carbocycles. The van der Waals surface area contributed by atoms with E-state index in [1.165, 1.54) is 27.5 Å². The number of hydrogen-bond donors (Lipinski definition) is 0. The minimum absolute atomic E-state index is 0.580. The maximum absolute atomic E-state index is 6.87. The normalized spacial score (nSPS) is 11.5. The number of nitrogens with zero attached hydrogens (tertiary/aromatic N) is 3. The molecule has 294 valence electrons. The molecule has 4 heteroatoms.